The van der Waals surface area contributed by atoms with Gasteiger partial charge < -0.3 is 14.3 Å². The number of benzene rings is 8. The maximum Gasteiger partial charge on any atom is 0.142 e. The molecule has 2 atom stereocenters. The summed E-state index contributed by atoms with van der Waals surface area (Å²) in [6, 6.07) is 64.8. The molecule has 8 aromatic carbocycles. The van der Waals surface area contributed by atoms with Gasteiger partial charge in [0.05, 0.1) is 21.4 Å². The Hall–Kier alpha value is -6.99. The standard InChI is InChI=1S/C51H34N4OS/c1-3-14-31(15-4-1)49-52-50(32-16-5-2-6-17-32)54-51(53-49)40-24-12-21-37-41-30-33(28-29-45(41)56-46(37)40)34-20-11-22-38-39-23-13-27-44(48(39)57-47(34)38)55-42-25-9-7-18-35(42)36-19-8-10-26-43(36)55/h1-30,49,51,53H,(H,52,54). The average Bonchev–Trinajstić information content (AvgIpc) is 3.96. The number of fused-ring (bicyclic) bond motifs is 9. The number of amidine groups is 1. The lowest BCUT2D eigenvalue weighted by Crippen LogP contribution is -2.44. The van der Waals surface area contributed by atoms with Crippen LogP contribution in [0.15, 0.2) is 191 Å². The van der Waals surface area contributed by atoms with Crippen molar-refractivity contribution < 1.29 is 4.42 Å². The average molecular weight is 751 g/mol. The molecule has 57 heavy (non-hydrogen) atoms. The zero-order valence-corrected chi connectivity index (χ0v) is 31.5. The van der Waals surface area contributed by atoms with Gasteiger partial charge in [-0.05, 0) is 47.0 Å². The first-order chi connectivity index (χ1) is 28.3. The van der Waals surface area contributed by atoms with Crippen LogP contribution in [0.3, 0.4) is 0 Å². The molecule has 1 aliphatic rings. The van der Waals surface area contributed by atoms with Crippen molar-refractivity contribution in [3.8, 4) is 16.8 Å². The molecule has 270 valence electrons. The van der Waals surface area contributed by atoms with Crippen LogP contribution in [-0.2, 0) is 0 Å². The quantitative estimate of drug-likeness (QED) is 0.184. The Bertz CT molecular complexity index is 3320. The van der Waals surface area contributed by atoms with Gasteiger partial charge in [0.15, 0.2) is 0 Å². The molecule has 12 rings (SSSR count). The number of para-hydroxylation sites is 3. The molecule has 11 aromatic rings. The molecule has 0 bridgehead atoms. The topological polar surface area (TPSA) is 54.5 Å². The summed E-state index contributed by atoms with van der Waals surface area (Å²) in [6.45, 7) is 0. The van der Waals surface area contributed by atoms with Crippen molar-refractivity contribution in [3.05, 3.63) is 199 Å². The van der Waals surface area contributed by atoms with Gasteiger partial charge in [-0.1, -0.05) is 152 Å². The van der Waals surface area contributed by atoms with E-state index < -0.39 is 0 Å². The van der Waals surface area contributed by atoms with E-state index in [4.69, 9.17) is 9.41 Å². The van der Waals surface area contributed by atoms with Crippen molar-refractivity contribution in [2.45, 2.75) is 12.3 Å². The molecule has 0 aliphatic carbocycles. The van der Waals surface area contributed by atoms with Crippen LogP contribution >= 0.6 is 11.3 Å². The minimum Gasteiger partial charge on any atom is -0.456 e. The summed E-state index contributed by atoms with van der Waals surface area (Å²) < 4.78 is 11.7. The molecule has 2 unspecified atom stereocenters. The van der Waals surface area contributed by atoms with Gasteiger partial charge in [-0.3, -0.25) is 5.32 Å². The molecule has 0 spiro atoms. The molecule has 0 amide bonds. The Labute approximate surface area is 332 Å². The number of nitrogens with zero attached hydrogens (tertiary/aromatic N) is 2. The third-order valence-corrected chi connectivity index (χ3v) is 12.8. The number of aliphatic imine (C=N–C) groups is 1. The van der Waals surface area contributed by atoms with Crippen LogP contribution in [0.4, 0.5) is 0 Å². The van der Waals surface area contributed by atoms with Gasteiger partial charge in [0, 0.05) is 48.1 Å². The Morgan fingerprint density at radius 3 is 1.96 bits per heavy atom. The fourth-order valence-electron chi connectivity index (χ4n) is 8.87. The normalized spacial score (nSPS) is 15.9. The third-order valence-electron chi connectivity index (χ3n) is 11.5. The zero-order valence-electron chi connectivity index (χ0n) is 30.7. The number of rotatable bonds is 5. The summed E-state index contributed by atoms with van der Waals surface area (Å²) in [5, 5.41) is 14.7. The summed E-state index contributed by atoms with van der Waals surface area (Å²) in [7, 11) is 0. The van der Waals surface area contributed by atoms with E-state index in [2.05, 4.69) is 185 Å². The van der Waals surface area contributed by atoms with E-state index in [1.165, 1.54) is 58.8 Å². The van der Waals surface area contributed by atoms with Crippen molar-refractivity contribution in [3.63, 3.8) is 0 Å². The van der Waals surface area contributed by atoms with Crippen molar-refractivity contribution in [1.29, 1.82) is 0 Å². The molecule has 0 fully saturated rings. The van der Waals surface area contributed by atoms with Crippen molar-refractivity contribution >= 4 is 81.1 Å². The van der Waals surface area contributed by atoms with Crippen molar-refractivity contribution in [1.82, 2.24) is 15.2 Å². The maximum atomic E-state index is 6.74. The van der Waals surface area contributed by atoms with Gasteiger partial charge in [0.25, 0.3) is 0 Å². The number of hydrogen-bond acceptors (Lipinski definition) is 5. The van der Waals surface area contributed by atoms with Gasteiger partial charge in [-0.25, -0.2) is 4.99 Å². The Morgan fingerprint density at radius 2 is 1.18 bits per heavy atom. The van der Waals surface area contributed by atoms with E-state index in [-0.39, 0.29) is 12.3 Å². The third kappa shape index (κ3) is 5.08. The highest BCUT2D eigenvalue weighted by Crippen LogP contribution is 2.45. The number of nitrogens with one attached hydrogen (secondary N) is 2. The molecule has 6 heteroatoms. The Kier molecular flexibility index (Phi) is 7.24. The number of hydrogen-bond donors (Lipinski definition) is 2. The molecular formula is C51H34N4OS. The SMILES string of the molecule is c1ccc(C2=NC(c3cccc4c3oc3ccc(-c5cccc6c5sc5c(-n7c8ccccc8c8ccccc87)cccc56)cc34)NC(c3ccccc3)N2)cc1. The summed E-state index contributed by atoms with van der Waals surface area (Å²) in [5.74, 6) is 0.848. The van der Waals surface area contributed by atoms with Crippen LogP contribution in [0.2, 0.25) is 0 Å². The lowest BCUT2D eigenvalue weighted by atomic mass is 9.99. The zero-order chi connectivity index (χ0) is 37.5. The van der Waals surface area contributed by atoms with Crippen LogP contribution < -0.4 is 10.6 Å². The first-order valence-corrected chi connectivity index (χ1v) is 20.2. The van der Waals surface area contributed by atoms with E-state index in [1.54, 1.807) is 0 Å². The van der Waals surface area contributed by atoms with E-state index in [1.807, 2.05) is 23.5 Å². The van der Waals surface area contributed by atoms with Crippen molar-refractivity contribution in [2.24, 2.45) is 4.99 Å². The summed E-state index contributed by atoms with van der Waals surface area (Å²) in [6.07, 6.45) is -0.459. The van der Waals surface area contributed by atoms with E-state index in [0.29, 0.717) is 0 Å². The van der Waals surface area contributed by atoms with Gasteiger partial charge in [-0.15, -0.1) is 11.3 Å². The second kappa shape index (κ2) is 12.8. The molecule has 0 saturated heterocycles. The Balaban J connectivity index is 0.995. The first kappa shape index (κ1) is 32.3. The lowest BCUT2D eigenvalue weighted by Gasteiger charge is -2.32. The second-order valence-corrected chi connectivity index (χ2v) is 15.8. The van der Waals surface area contributed by atoms with Crippen molar-refractivity contribution in [2.75, 3.05) is 0 Å². The van der Waals surface area contributed by atoms with Crippen LogP contribution in [0.5, 0.6) is 0 Å². The lowest BCUT2D eigenvalue weighted by molar-refractivity contribution is 0.408. The number of aromatic nitrogens is 1. The predicted molar refractivity (Wildman–Crippen MR) is 238 cm³/mol. The maximum absolute atomic E-state index is 6.74. The molecule has 0 radical (unpaired) electrons. The highest BCUT2D eigenvalue weighted by molar-refractivity contribution is 7.26. The summed E-state index contributed by atoms with van der Waals surface area (Å²) in [5.41, 5.74) is 10.9. The van der Waals surface area contributed by atoms with Gasteiger partial charge in [-0.2, -0.15) is 0 Å². The van der Waals surface area contributed by atoms with Crippen LogP contribution in [0.25, 0.3) is 80.7 Å². The minimum atomic E-state index is -0.327. The largest absolute Gasteiger partial charge is 0.456 e. The second-order valence-electron chi connectivity index (χ2n) is 14.7. The van der Waals surface area contributed by atoms with Gasteiger partial charge in [0.2, 0.25) is 0 Å². The minimum absolute atomic E-state index is 0.132. The number of furan rings is 1. The fourth-order valence-corrected chi connectivity index (χ4v) is 10.2. The fraction of sp³-hybridized carbons (Fsp3) is 0.0392. The predicted octanol–water partition coefficient (Wildman–Crippen LogP) is 13.1. The molecule has 1 aliphatic heterocycles. The van der Waals surface area contributed by atoms with E-state index in [0.717, 1.165) is 44.5 Å². The summed E-state index contributed by atoms with van der Waals surface area (Å²) in [4.78, 5) is 5.23. The molecular weight excluding hydrogens is 717 g/mol. The molecule has 4 heterocycles. The van der Waals surface area contributed by atoms with E-state index in [9.17, 15) is 0 Å². The first-order valence-electron chi connectivity index (χ1n) is 19.4. The van der Waals surface area contributed by atoms with Crippen LogP contribution in [0.1, 0.15) is 29.0 Å². The monoisotopic (exact) mass is 750 g/mol. The summed E-state index contributed by atoms with van der Waals surface area (Å²) >= 11 is 1.88. The van der Waals surface area contributed by atoms with Crippen LogP contribution in [-0.4, -0.2) is 10.4 Å². The number of thiophene rings is 1. The van der Waals surface area contributed by atoms with Gasteiger partial charge >= 0.3 is 0 Å². The Morgan fingerprint density at radius 1 is 0.526 bits per heavy atom. The molecule has 5 nitrogen and oxygen atoms in total. The van der Waals surface area contributed by atoms with Crippen LogP contribution in [0, 0.1) is 0 Å². The highest BCUT2D eigenvalue weighted by atomic mass is 32.1. The molecule has 2 N–H and O–H groups in total. The highest BCUT2D eigenvalue weighted by Gasteiger charge is 2.28. The van der Waals surface area contributed by atoms with E-state index >= 15 is 0 Å². The smallest absolute Gasteiger partial charge is 0.142 e. The molecule has 0 saturated carbocycles. The molecule has 3 aromatic heterocycles. The van der Waals surface area contributed by atoms with Gasteiger partial charge in [0.1, 0.15) is 29.3 Å².